The van der Waals surface area contributed by atoms with Gasteiger partial charge >= 0.3 is 0 Å². The molecular weight excluding hydrogens is 238 g/mol. The van der Waals surface area contributed by atoms with Crippen molar-refractivity contribution in [3.63, 3.8) is 0 Å². The monoisotopic (exact) mass is 251 g/mol. The van der Waals surface area contributed by atoms with Crippen LogP contribution in [-0.4, -0.2) is 9.97 Å². The fourth-order valence-electron chi connectivity index (χ4n) is 2.46. The van der Waals surface area contributed by atoms with Gasteiger partial charge in [0.15, 0.2) is 0 Å². The van der Waals surface area contributed by atoms with Gasteiger partial charge in [-0.3, -0.25) is 4.79 Å². The van der Waals surface area contributed by atoms with Crippen LogP contribution in [0.2, 0.25) is 0 Å². The lowest BCUT2D eigenvalue weighted by Gasteiger charge is -2.18. The van der Waals surface area contributed by atoms with Gasteiger partial charge in [0.05, 0.1) is 17.7 Å². The normalized spacial score (nSPS) is 17.5. The lowest BCUT2D eigenvalue weighted by molar-refractivity contribution is 0.549. The fraction of sp³-hybridized carbons (Fsp3) is 0.267. The van der Waals surface area contributed by atoms with Crippen molar-refractivity contribution in [3.8, 4) is 17.5 Å². The van der Waals surface area contributed by atoms with E-state index in [1.54, 1.807) is 0 Å². The second kappa shape index (κ2) is 4.69. The number of aromatic amines is 1. The molecule has 19 heavy (non-hydrogen) atoms. The Bertz CT molecular complexity index is 698. The summed E-state index contributed by atoms with van der Waals surface area (Å²) < 4.78 is 0. The molecule has 0 fully saturated rings. The van der Waals surface area contributed by atoms with Crippen LogP contribution in [0.15, 0.2) is 35.1 Å². The third-order valence-electron chi connectivity index (χ3n) is 3.51. The molecular formula is C15H13N3O. The molecule has 0 saturated heterocycles. The Balaban J connectivity index is 2.07. The number of rotatable bonds is 1. The van der Waals surface area contributed by atoms with Crippen LogP contribution in [0.3, 0.4) is 0 Å². The molecule has 0 amide bonds. The summed E-state index contributed by atoms with van der Waals surface area (Å²) in [6.07, 6.45) is 2.01. The standard InChI is InChI=1S/C15H13N3O/c16-9-10-6-7-13-12(8-10)15(19)18-14(17-13)11-4-2-1-3-5-11/h1-5,10H,6-8H2,(H,17,18,19). The highest BCUT2D eigenvalue weighted by Gasteiger charge is 2.22. The van der Waals surface area contributed by atoms with Gasteiger partial charge in [0.25, 0.3) is 5.56 Å². The second-order valence-corrected chi connectivity index (χ2v) is 4.77. The van der Waals surface area contributed by atoms with E-state index < -0.39 is 0 Å². The van der Waals surface area contributed by atoms with Crippen LogP contribution in [0.25, 0.3) is 11.4 Å². The van der Waals surface area contributed by atoms with Gasteiger partial charge in [-0.25, -0.2) is 4.98 Å². The minimum absolute atomic E-state index is 0.0574. The number of H-pyrrole nitrogens is 1. The number of benzene rings is 1. The molecule has 1 aromatic heterocycles. The van der Waals surface area contributed by atoms with Gasteiger partial charge in [0.2, 0.25) is 0 Å². The quantitative estimate of drug-likeness (QED) is 0.843. The van der Waals surface area contributed by atoms with Gasteiger partial charge in [-0.1, -0.05) is 30.3 Å². The zero-order valence-electron chi connectivity index (χ0n) is 10.4. The number of hydrogen-bond acceptors (Lipinski definition) is 3. The Kier molecular flexibility index (Phi) is 2.88. The minimum atomic E-state index is -0.108. The van der Waals surface area contributed by atoms with E-state index >= 15 is 0 Å². The van der Waals surface area contributed by atoms with Gasteiger partial charge < -0.3 is 4.98 Å². The number of nitrogens with one attached hydrogen (secondary N) is 1. The molecule has 1 aliphatic carbocycles. The van der Waals surface area contributed by atoms with E-state index in [0.29, 0.717) is 24.2 Å². The summed E-state index contributed by atoms with van der Waals surface area (Å²) in [4.78, 5) is 19.5. The number of fused-ring (bicyclic) bond motifs is 1. The molecule has 1 aliphatic rings. The molecule has 1 N–H and O–H groups in total. The summed E-state index contributed by atoms with van der Waals surface area (Å²) in [7, 11) is 0. The number of hydrogen-bond donors (Lipinski definition) is 1. The molecule has 1 unspecified atom stereocenters. The first-order valence-corrected chi connectivity index (χ1v) is 6.35. The Morgan fingerprint density at radius 3 is 2.84 bits per heavy atom. The average molecular weight is 251 g/mol. The molecule has 1 aromatic carbocycles. The van der Waals surface area contributed by atoms with Crippen LogP contribution in [0.4, 0.5) is 0 Å². The number of aromatic nitrogens is 2. The van der Waals surface area contributed by atoms with E-state index in [0.717, 1.165) is 17.7 Å². The molecule has 2 aromatic rings. The lowest BCUT2D eigenvalue weighted by Crippen LogP contribution is -2.25. The predicted molar refractivity (Wildman–Crippen MR) is 71.4 cm³/mol. The third kappa shape index (κ3) is 2.15. The highest BCUT2D eigenvalue weighted by atomic mass is 16.1. The van der Waals surface area contributed by atoms with Gasteiger partial charge in [0.1, 0.15) is 5.82 Å². The van der Waals surface area contributed by atoms with Crippen LogP contribution < -0.4 is 5.56 Å². The summed E-state index contributed by atoms with van der Waals surface area (Å²) in [5.74, 6) is 0.553. The molecule has 4 nitrogen and oxygen atoms in total. The molecule has 0 spiro atoms. The highest BCUT2D eigenvalue weighted by Crippen LogP contribution is 2.23. The fourth-order valence-corrected chi connectivity index (χ4v) is 2.46. The maximum absolute atomic E-state index is 12.1. The molecule has 1 atom stereocenters. The van der Waals surface area contributed by atoms with E-state index in [-0.39, 0.29) is 11.5 Å². The van der Waals surface area contributed by atoms with Crippen molar-refractivity contribution in [1.82, 2.24) is 9.97 Å². The summed E-state index contributed by atoms with van der Waals surface area (Å²) in [6, 6.07) is 11.8. The van der Waals surface area contributed by atoms with Crippen molar-refractivity contribution < 1.29 is 0 Å². The largest absolute Gasteiger partial charge is 0.306 e. The average Bonchev–Trinajstić information content (AvgIpc) is 2.48. The first kappa shape index (κ1) is 11.7. The van der Waals surface area contributed by atoms with E-state index in [1.807, 2.05) is 30.3 Å². The Labute approximate surface area is 110 Å². The van der Waals surface area contributed by atoms with E-state index in [4.69, 9.17) is 5.26 Å². The summed E-state index contributed by atoms with van der Waals surface area (Å²) in [5.41, 5.74) is 2.32. The van der Waals surface area contributed by atoms with E-state index in [2.05, 4.69) is 16.0 Å². The summed E-state index contributed by atoms with van der Waals surface area (Å²) in [5, 5.41) is 8.96. The number of nitrogens with zero attached hydrogens (tertiary/aromatic N) is 2. The maximum Gasteiger partial charge on any atom is 0.254 e. The van der Waals surface area contributed by atoms with Crippen molar-refractivity contribution in [2.45, 2.75) is 19.3 Å². The molecule has 94 valence electrons. The Morgan fingerprint density at radius 2 is 2.11 bits per heavy atom. The van der Waals surface area contributed by atoms with Crippen molar-refractivity contribution in [2.75, 3.05) is 0 Å². The zero-order chi connectivity index (χ0) is 13.2. The predicted octanol–water partition coefficient (Wildman–Crippen LogP) is 2.07. The highest BCUT2D eigenvalue weighted by molar-refractivity contribution is 5.54. The molecule has 0 radical (unpaired) electrons. The molecule has 3 rings (SSSR count). The van der Waals surface area contributed by atoms with Crippen LogP contribution >= 0.6 is 0 Å². The molecule has 0 aliphatic heterocycles. The van der Waals surface area contributed by atoms with Crippen molar-refractivity contribution >= 4 is 0 Å². The van der Waals surface area contributed by atoms with Crippen LogP contribution in [0.5, 0.6) is 0 Å². The Hall–Kier alpha value is -2.41. The molecule has 0 bridgehead atoms. The van der Waals surface area contributed by atoms with Gasteiger partial charge in [-0.2, -0.15) is 5.26 Å². The third-order valence-corrected chi connectivity index (χ3v) is 3.51. The van der Waals surface area contributed by atoms with E-state index in [9.17, 15) is 4.79 Å². The topological polar surface area (TPSA) is 69.5 Å². The zero-order valence-corrected chi connectivity index (χ0v) is 10.4. The van der Waals surface area contributed by atoms with Crippen molar-refractivity contribution in [3.05, 3.63) is 51.9 Å². The first-order valence-electron chi connectivity index (χ1n) is 6.35. The summed E-state index contributed by atoms with van der Waals surface area (Å²) >= 11 is 0. The first-order chi connectivity index (χ1) is 9.28. The molecule has 0 saturated carbocycles. The second-order valence-electron chi connectivity index (χ2n) is 4.77. The van der Waals surface area contributed by atoms with Gasteiger partial charge in [-0.15, -0.1) is 0 Å². The minimum Gasteiger partial charge on any atom is -0.306 e. The van der Waals surface area contributed by atoms with Crippen LogP contribution in [0, 0.1) is 17.2 Å². The maximum atomic E-state index is 12.1. The van der Waals surface area contributed by atoms with Gasteiger partial charge in [-0.05, 0) is 19.3 Å². The SMILES string of the molecule is N#CC1CCc2nc(-c3ccccc3)[nH]c(=O)c2C1. The number of aryl methyl sites for hydroxylation is 1. The van der Waals surface area contributed by atoms with Crippen molar-refractivity contribution in [1.29, 1.82) is 5.26 Å². The number of nitriles is 1. The molecule has 4 heteroatoms. The van der Waals surface area contributed by atoms with Crippen LogP contribution in [-0.2, 0) is 12.8 Å². The Morgan fingerprint density at radius 1 is 1.32 bits per heavy atom. The lowest BCUT2D eigenvalue weighted by atomic mass is 9.88. The molecule has 1 heterocycles. The smallest absolute Gasteiger partial charge is 0.254 e. The van der Waals surface area contributed by atoms with Gasteiger partial charge in [0, 0.05) is 11.1 Å². The van der Waals surface area contributed by atoms with E-state index in [1.165, 1.54) is 0 Å². The summed E-state index contributed by atoms with van der Waals surface area (Å²) in [6.45, 7) is 0. The van der Waals surface area contributed by atoms with Crippen LogP contribution in [0.1, 0.15) is 17.7 Å². The van der Waals surface area contributed by atoms with Crippen molar-refractivity contribution in [2.24, 2.45) is 5.92 Å².